The van der Waals surface area contributed by atoms with Crippen molar-refractivity contribution >= 4 is 32.7 Å². The molecular weight excluding hydrogens is 260 g/mol. The van der Waals surface area contributed by atoms with Crippen LogP contribution < -0.4 is 5.69 Å². The summed E-state index contributed by atoms with van der Waals surface area (Å²) < 4.78 is 0. The zero-order chi connectivity index (χ0) is 11.0. The van der Waals surface area contributed by atoms with Gasteiger partial charge in [-0.2, -0.15) is 0 Å². The molecule has 2 aromatic rings. The number of fused-ring (bicyclic) bond motifs is 1. The van der Waals surface area contributed by atoms with Gasteiger partial charge in [-0.3, -0.25) is 4.79 Å². The Bertz CT molecular complexity index is 570. The Labute approximate surface area is 93.8 Å². The molecule has 1 atom stereocenters. The second-order valence-corrected chi connectivity index (χ2v) is 4.27. The van der Waals surface area contributed by atoms with E-state index < -0.39 is 0 Å². The lowest BCUT2D eigenvalue weighted by Gasteiger charge is -2.05. The smallest absolute Gasteiger partial charge is 0.306 e. The van der Waals surface area contributed by atoms with Crippen LogP contribution >= 0.6 is 15.9 Å². The van der Waals surface area contributed by atoms with E-state index in [-0.39, 0.29) is 16.3 Å². The van der Waals surface area contributed by atoms with Crippen LogP contribution in [0.1, 0.15) is 17.3 Å². The van der Waals surface area contributed by atoms with E-state index >= 15 is 0 Å². The van der Waals surface area contributed by atoms with Crippen LogP contribution in [0.3, 0.4) is 0 Å². The number of halogens is 1. The van der Waals surface area contributed by atoms with Gasteiger partial charge in [0, 0.05) is 0 Å². The van der Waals surface area contributed by atoms with Gasteiger partial charge in [0.05, 0.1) is 15.9 Å². The molecule has 1 aromatic heterocycles. The molecule has 1 aromatic carbocycles. The van der Waals surface area contributed by atoms with Gasteiger partial charge in [0.25, 0.3) is 0 Å². The van der Waals surface area contributed by atoms with Crippen molar-refractivity contribution in [2.75, 3.05) is 0 Å². The predicted molar refractivity (Wildman–Crippen MR) is 61.3 cm³/mol. The van der Waals surface area contributed by atoms with Gasteiger partial charge < -0.3 is 9.97 Å². The van der Waals surface area contributed by atoms with Gasteiger partial charge in [0.2, 0.25) is 0 Å². The number of aromatic nitrogens is 2. The summed E-state index contributed by atoms with van der Waals surface area (Å²) in [7, 11) is 0. The van der Waals surface area contributed by atoms with Crippen molar-refractivity contribution in [3.05, 3.63) is 34.2 Å². The van der Waals surface area contributed by atoms with Crippen LogP contribution in [0.5, 0.6) is 0 Å². The van der Waals surface area contributed by atoms with E-state index in [1.165, 1.54) is 6.92 Å². The van der Waals surface area contributed by atoms with E-state index in [2.05, 4.69) is 25.9 Å². The van der Waals surface area contributed by atoms with Crippen LogP contribution in [0.2, 0.25) is 0 Å². The molecule has 0 amide bonds. The summed E-state index contributed by atoms with van der Waals surface area (Å²) in [5.41, 5.74) is 2.05. The third-order valence-corrected chi connectivity index (χ3v) is 3.36. The fraction of sp³-hybridized carbons (Fsp3) is 0.200. The van der Waals surface area contributed by atoms with Gasteiger partial charge in [0.1, 0.15) is 5.78 Å². The van der Waals surface area contributed by atoms with Gasteiger partial charge in [-0.1, -0.05) is 22.0 Å². The van der Waals surface area contributed by atoms with Crippen molar-refractivity contribution in [1.29, 1.82) is 0 Å². The van der Waals surface area contributed by atoms with Crippen LogP contribution in [0.25, 0.3) is 11.0 Å². The Morgan fingerprint density at radius 2 is 2.00 bits per heavy atom. The highest BCUT2D eigenvalue weighted by atomic mass is 79.9. The normalized spacial score (nSPS) is 12.9. The van der Waals surface area contributed by atoms with Crippen LogP contribution in [-0.2, 0) is 4.79 Å². The van der Waals surface area contributed by atoms with Crippen molar-refractivity contribution in [2.24, 2.45) is 0 Å². The van der Waals surface area contributed by atoms with Crippen LogP contribution in [0, 0.1) is 0 Å². The molecule has 0 aliphatic carbocycles. The fourth-order valence-electron chi connectivity index (χ4n) is 1.44. The van der Waals surface area contributed by atoms with Crippen molar-refractivity contribution in [2.45, 2.75) is 11.8 Å². The van der Waals surface area contributed by atoms with Crippen molar-refractivity contribution in [3.63, 3.8) is 0 Å². The second kappa shape index (κ2) is 3.66. The topological polar surface area (TPSA) is 65.7 Å². The first-order valence-electron chi connectivity index (χ1n) is 4.44. The van der Waals surface area contributed by atoms with Crippen molar-refractivity contribution in [1.82, 2.24) is 9.97 Å². The largest absolute Gasteiger partial charge is 0.323 e. The molecule has 5 heteroatoms. The summed E-state index contributed by atoms with van der Waals surface area (Å²) >= 11 is 3.29. The van der Waals surface area contributed by atoms with E-state index in [4.69, 9.17) is 0 Å². The number of rotatable bonds is 2. The summed E-state index contributed by atoms with van der Waals surface area (Å²) in [5, 5.41) is 0. The maximum Gasteiger partial charge on any atom is 0.323 e. The molecule has 1 unspecified atom stereocenters. The van der Waals surface area contributed by atoms with E-state index in [0.29, 0.717) is 5.52 Å². The number of hydrogen-bond donors (Lipinski definition) is 2. The Balaban J connectivity index is 2.55. The number of aromatic amines is 2. The first-order chi connectivity index (χ1) is 7.08. The quantitative estimate of drug-likeness (QED) is 0.817. The maximum atomic E-state index is 11.2. The van der Waals surface area contributed by atoms with Crippen molar-refractivity contribution < 1.29 is 4.79 Å². The monoisotopic (exact) mass is 268 g/mol. The molecular formula is C10H9BrN2O2. The highest BCUT2D eigenvalue weighted by molar-refractivity contribution is 9.09. The number of imidazole rings is 1. The van der Waals surface area contributed by atoms with Crippen LogP contribution in [-0.4, -0.2) is 15.8 Å². The number of benzene rings is 1. The minimum atomic E-state index is -0.319. The summed E-state index contributed by atoms with van der Waals surface area (Å²) in [4.78, 5) is 27.1. The number of nitrogens with one attached hydrogen (secondary N) is 2. The van der Waals surface area contributed by atoms with E-state index in [9.17, 15) is 9.59 Å². The standard InChI is InChI=1S/C10H9BrN2O2/c1-5(14)9(11)6-2-3-7-8(4-6)13-10(15)12-7/h2-4,9H,1H3,(H2,12,13,15). The summed E-state index contributed by atoms with van der Waals surface area (Å²) in [6, 6.07) is 5.38. The lowest BCUT2D eigenvalue weighted by Crippen LogP contribution is -2.00. The van der Waals surface area contributed by atoms with E-state index in [1.54, 1.807) is 12.1 Å². The van der Waals surface area contributed by atoms with Gasteiger partial charge in [-0.25, -0.2) is 4.79 Å². The molecule has 0 aliphatic heterocycles. The first kappa shape index (κ1) is 10.2. The average Bonchev–Trinajstić information content (AvgIpc) is 2.55. The third-order valence-electron chi connectivity index (χ3n) is 2.19. The van der Waals surface area contributed by atoms with E-state index in [0.717, 1.165) is 11.1 Å². The zero-order valence-corrected chi connectivity index (χ0v) is 9.59. The number of alkyl halides is 1. The number of Topliss-reactive ketones (excluding diaryl/α,β-unsaturated/α-hetero) is 1. The minimum absolute atomic E-state index is 0.0345. The lowest BCUT2D eigenvalue weighted by molar-refractivity contribution is -0.116. The molecule has 15 heavy (non-hydrogen) atoms. The number of ketones is 1. The maximum absolute atomic E-state index is 11.2. The summed E-state index contributed by atoms with van der Waals surface area (Å²) in [6.07, 6.45) is 0. The van der Waals surface area contributed by atoms with Crippen molar-refractivity contribution in [3.8, 4) is 0 Å². The van der Waals surface area contributed by atoms with Gasteiger partial charge in [0.15, 0.2) is 0 Å². The molecule has 2 rings (SSSR count). The number of carbonyl (C=O) groups excluding carboxylic acids is 1. The molecule has 0 saturated carbocycles. The second-order valence-electron chi connectivity index (χ2n) is 3.36. The SMILES string of the molecule is CC(=O)C(Br)c1ccc2[nH]c(=O)[nH]c2c1. The molecule has 2 N–H and O–H groups in total. The molecule has 4 nitrogen and oxygen atoms in total. The van der Waals surface area contributed by atoms with E-state index in [1.807, 2.05) is 6.07 Å². The molecule has 0 fully saturated rings. The van der Waals surface area contributed by atoms with Crippen LogP contribution in [0.4, 0.5) is 0 Å². The molecule has 0 saturated heterocycles. The molecule has 0 bridgehead atoms. The number of carbonyl (C=O) groups is 1. The zero-order valence-electron chi connectivity index (χ0n) is 8.00. The van der Waals surface area contributed by atoms with Crippen LogP contribution in [0.15, 0.2) is 23.0 Å². The Hall–Kier alpha value is -1.36. The Morgan fingerprint density at radius 1 is 1.33 bits per heavy atom. The average molecular weight is 269 g/mol. The van der Waals surface area contributed by atoms with Gasteiger partial charge in [-0.15, -0.1) is 0 Å². The highest BCUT2D eigenvalue weighted by Crippen LogP contribution is 2.25. The third kappa shape index (κ3) is 1.87. The summed E-state index contributed by atoms with van der Waals surface area (Å²) in [5.74, 6) is 0.0345. The minimum Gasteiger partial charge on any atom is -0.306 e. The molecule has 0 spiro atoms. The predicted octanol–water partition coefficient (Wildman–Crippen LogP) is 1.88. The lowest BCUT2D eigenvalue weighted by atomic mass is 10.1. The highest BCUT2D eigenvalue weighted by Gasteiger charge is 2.13. The Kier molecular flexibility index (Phi) is 2.48. The first-order valence-corrected chi connectivity index (χ1v) is 5.36. The Morgan fingerprint density at radius 3 is 2.67 bits per heavy atom. The van der Waals surface area contributed by atoms with Gasteiger partial charge >= 0.3 is 5.69 Å². The fourth-order valence-corrected chi connectivity index (χ4v) is 1.73. The molecule has 78 valence electrons. The number of H-pyrrole nitrogens is 2. The molecule has 0 aliphatic rings. The van der Waals surface area contributed by atoms with Gasteiger partial charge in [-0.05, 0) is 24.6 Å². The number of hydrogen-bond acceptors (Lipinski definition) is 2. The molecule has 0 radical (unpaired) electrons. The summed E-state index contributed by atoms with van der Waals surface area (Å²) in [6.45, 7) is 1.52. The molecule has 1 heterocycles.